The van der Waals surface area contributed by atoms with Gasteiger partial charge >= 0.3 is 5.97 Å². The Kier molecular flexibility index (Phi) is 4.90. The van der Waals surface area contributed by atoms with E-state index in [2.05, 4.69) is 0 Å². The molecule has 0 N–H and O–H groups in total. The Labute approximate surface area is 109 Å². The molecular formula is C11H11Cl3O2. The van der Waals surface area contributed by atoms with Crippen LogP contribution in [0.15, 0.2) is 30.3 Å². The molecule has 1 atom stereocenters. The van der Waals surface area contributed by atoms with Crippen molar-refractivity contribution in [3.8, 4) is 0 Å². The predicted octanol–water partition coefficient (Wildman–Crippen LogP) is 4.05. The molecule has 0 saturated heterocycles. The molecule has 0 radical (unpaired) electrons. The van der Waals surface area contributed by atoms with E-state index in [9.17, 15) is 4.79 Å². The molecule has 16 heavy (non-hydrogen) atoms. The van der Waals surface area contributed by atoms with Crippen molar-refractivity contribution in [2.45, 2.75) is 23.2 Å². The number of hydrogen-bond acceptors (Lipinski definition) is 2. The third kappa shape index (κ3) is 3.85. The van der Waals surface area contributed by atoms with Crippen molar-refractivity contribution < 1.29 is 9.53 Å². The van der Waals surface area contributed by atoms with Crippen LogP contribution in [0.1, 0.15) is 25.0 Å². The molecular weight excluding hydrogens is 270 g/mol. The van der Waals surface area contributed by atoms with E-state index in [-0.39, 0.29) is 6.42 Å². The number of ether oxygens (including phenoxy) is 1. The van der Waals surface area contributed by atoms with Crippen molar-refractivity contribution in [3.05, 3.63) is 35.9 Å². The van der Waals surface area contributed by atoms with Gasteiger partial charge in [0.15, 0.2) is 6.10 Å². The summed E-state index contributed by atoms with van der Waals surface area (Å²) >= 11 is 17.4. The molecule has 0 heterocycles. The summed E-state index contributed by atoms with van der Waals surface area (Å²) < 4.78 is 3.44. The van der Waals surface area contributed by atoms with Crippen LogP contribution in [-0.2, 0) is 9.53 Å². The summed E-state index contributed by atoms with van der Waals surface area (Å²) in [5.41, 5.74) is 0.657. The molecule has 1 unspecified atom stereocenters. The normalized spacial score (nSPS) is 13.2. The molecule has 2 nitrogen and oxygen atoms in total. The molecule has 0 amide bonds. The predicted molar refractivity (Wildman–Crippen MR) is 65.9 cm³/mol. The summed E-state index contributed by atoms with van der Waals surface area (Å²) in [5.74, 6) is -0.403. The largest absolute Gasteiger partial charge is 0.453 e. The van der Waals surface area contributed by atoms with Crippen molar-refractivity contribution in [2.24, 2.45) is 0 Å². The molecule has 0 aliphatic carbocycles. The first-order valence-electron chi connectivity index (χ1n) is 4.76. The minimum atomic E-state index is -1.67. The standard InChI is InChI=1S/C11H11Cl3O2/c1-2-9(15)16-10(11(12,13)14)8-6-4-3-5-7-8/h3-7,10H,2H2,1H3. The van der Waals surface area contributed by atoms with E-state index < -0.39 is 15.9 Å². The zero-order chi connectivity index (χ0) is 12.2. The van der Waals surface area contributed by atoms with Gasteiger partial charge in [0.2, 0.25) is 3.79 Å². The van der Waals surface area contributed by atoms with Gasteiger partial charge < -0.3 is 4.74 Å². The zero-order valence-corrected chi connectivity index (χ0v) is 10.9. The van der Waals surface area contributed by atoms with Crippen molar-refractivity contribution in [1.29, 1.82) is 0 Å². The second-order valence-corrected chi connectivity index (χ2v) is 5.54. The van der Waals surface area contributed by atoms with E-state index in [1.807, 2.05) is 6.07 Å². The Morgan fingerprint density at radius 2 is 1.88 bits per heavy atom. The summed E-state index contributed by atoms with van der Waals surface area (Å²) in [6, 6.07) is 8.91. The monoisotopic (exact) mass is 280 g/mol. The number of carbonyl (C=O) groups is 1. The Morgan fingerprint density at radius 3 is 2.31 bits per heavy atom. The van der Waals surface area contributed by atoms with Gasteiger partial charge in [-0.1, -0.05) is 72.1 Å². The first kappa shape index (κ1) is 13.6. The highest BCUT2D eigenvalue weighted by molar-refractivity contribution is 6.68. The van der Waals surface area contributed by atoms with Crippen LogP contribution in [0, 0.1) is 0 Å². The van der Waals surface area contributed by atoms with Gasteiger partial charge in [-0.05, 0) is 5.56 Å². The van der Waals surface area contributed by atoms with Gasteiger partial charge in [-0.2, -0.15) is 0 Å². The van der Waals surface area contributed by atoms with Crippen molar-refractivity contribution >= 4 is 40.8 Å². The Hall–Kier alpha value is -0.440. The van der Waals surface area contributed by atoms with Crippen LogP contribution in [-0.4, -0.2) is 9.76 Å². The molecule has 1 aromatic carbocycles. The number of halogens is 3. The maximum Gasteiger partial charge on any atom is 0.306 e. The maximum absolute atomic E-state index is 11.2. The lowest BCUT2D eigenvalue weighted by atomic mass is 10.1. The van der Waals surface area contributed by atoms with Gasteiger partial charge in [-0.15, -0.1) is 0 Å². The Morgan fingerprint density at radius 1 is 1.31 bits per heavy atom. The fraction of sp³-hybridized carbons (Fsp3) is 0.364. The third-order valence-corrected chi connectivity index (χ3v) is 2.53. The summed E-state index contributed by atoms with van der Waals surface area (Å²) in [6.45, 7) is 1.68. The summed E-state index contributed by atoms with van der Waals surface area (Å²) in [6.07, 6.45) is -0.643. The second kappa shape index (κ2) is 5.76. The Bertz CT molecular complexity index is 346. The molecule has 0 fully saturated rings. The average Bonchev–Trinajstić information content (AvgIpc) is 2.25. The van der Waals surface area contributed by atoms with Gasteiger partial charge in [0.1, 0.15) is 0 Å². The van der Waals surface area contributed by atoms with Gasteiger partial charge in [-0.25, -0.2) is 0 Å². The Balaban J connectivity index is 2.93. The molecule has 1 aromatic rings. The average molecular weight is 282 g/mol. The number of carbonyl (C=O) groups excluding carboxylic acids is 1. The quantitative estimate of drug-likeness (QED) is 0.617. The topological polar surface area (TPSA) is 26.3 Å². The highest BCUT2D eigenvalue weighted by Gasteiger charge is 2.36. The molecule has 88 valence electrons. The molecule has 0 aliphatic heterocycles. The van der Waals surface area contributed by atoms with Crippen LogP contribution < -0.4 is 0 Å². The molecule has 0 bridgehead atoms. The lowest BCUT2D eigenvalue weighted by Gasteiger charge is -2.24. The highest BCUT2D eigenvalue weighted by atomic mass is 35.6. The first-order valence-corrected chi connectivity index (χ1v) is 5.89. The van der Waals surface area contributed by atoms with Gasteiger partial charge in [-0.3, -0.25) is 4.79 Å². The molecule has 1 rings (SSSR count). The first-order chi connectivity index (χ1) is 7.45. The van der Waals surface area contributed by atoms with Crippen molar-refractivity contribution in [3.63, 3.8) is 0 Å². The van der Waals surface area contributed by atoms with E-state index in [0.717, 1.165) is 0 Å². The van der Waals surface area contributed by atoms with Crippen LogP contribution in [0.2, 0.25) is 0 Å². The van der Waals surface area contributed by atoms with E-state index in [1.54, 1.807) is 31.2 Å². The second-order valence-electron chi connectivity index (χ2n) is 3.18. The highest BCUT2D eigenvalue weighted by Crippen LogP contribution is 2.42. The maximum atomic E-state index is 11.2. The summed E-state index contributed by atoms with van der Waals surface area (Å²) in [5, 5.41) is 0. The SMILES string of the molecule is CCC(=O)OC(c1ccccc1)C(Cl)(Cl)Cl. The van der Waals surface area contributed by atoms with Gasteiger partial charge in [0.05, 0.1) is 0 Å². The third-order valence-electron chi connectivity index (χ3n) is 1.94. The number of alkyl halides is 3. The number of hydrogen-bond donors (Lipinski definition) is 0. The molecule has 0 spiro atoms. The number of benzene rings is 1. The van der Waals surface area contributed by atoms with Crippen LogP contribution in [0.4, 0.5) is 0 Å². The lowest BCUT2D eigenvalue weighted by molar-refractivity contribution is -0.148. The van der Waals surface area contributed by atoms with Crippen molar-refractivity contribution in [1.82, 2.24) is 0 Å². The van der Waals surface area contributed by atoms with Crippen LogP contribution in [0.25, 0.3) is 0 Å². The molecule has 5 heteroatoms. The summed E-state index contributed by atoms with van der Waals surface area (Å²) in [7, 11) is 0. The van der Waals surface area contributed by atoms with E-state index >= 15 is 0 Å². The minimum Gasteiger partial charge on any atom is -0.453 e. The van der Waals surface area contributed by atoms with E-state index in [0.29, 0.717) is 5.56 Å². The van der Waals surface area contributed by atoms with Gasteiger partial charge in [0.25, 0.3) is 0 Å². The molecule has 0 aromatic heterocycles. The van der Waals surface area contributed by atoms with Crippen LogP contribution in [0.3, 0.4) is 0 Å². The van der Waals surface area contributed by atoms with Crippen molar-refractivity contribution in [2.75, 3.05) is 0 Å². The smallest absolute Gasteiger partial charge is 0.306 e. The summed E-state index contributed by atoms with van der Waals surface area (Å²) in [4.78, 5) is 11.2. The molecule has 0 saturated carbocycles. The lowest BCUT2D eigenvalue weighted by Crippen LogP contribution is -2.23. The van der Waals surface area contributed by atoms with Crippen LogP contribution in [0.5, 0.6) is 0 Å². The fourth-order valence-corrected chi connectivity index (χ4v) is 1.68. The fourth-order valence-electron chi connectivity index (χ4n) is 1.17. The number of rotatable bonds is 3. The number of esters is 1. The van der Waals surface area contributed by atoms with E-state index in [1.165, 1.54) is 0 Å². The van der Waals surface area contributed by atoms with Gasteiger partial charge in [0, 0.05) is 6.42 Å². The minimum absolute atomic E-state index is 0.240. The zero-order valence-electron chi connectivity index (χ0n) is 8.62. The van der Waals surface area contributed by atoms with E-state index in [4.69, 9.17) is 39.5 Å². The molecule has 0 aliphatic rings. The van der Waals surface area contributed by atoms with Crippen LogP contribution >= 0.6 is 34.8 Å².